The Morgan fingerprint density at radius 2 is 1.79 bits per heavy atom. The number of nitrogens with zero attached hydrogens (tertiary/aromatic N) is 2. The first-order valence-corrected chi connectivity index (χ1v) is 6.11. The SMILES string of the molecule is CNC(Cn1ccn(C)c(=O)c1=O)c1ccccc1. The Labute approximate surface area is 111 Å². The second-order valence-electron chi connectivity index (χ2n) is 4.42. The molecule has 100 valence electrons. The van der Waals surface area contributed by atoms with Crippen molar-refractivity contribution in [3.05, 3.63) is 69.0 Å². The van der Waals surface area contributed by atoms with Gasteiger partial charge in [0.2, 0.25) is 0 Å². The molecule has 0 saturated heterocycles. The Kier molecular flexibility index (Phi) is 3.97. The molecule has 1 heterocycles. The van der Waals surface area contributed by atoms with Gasteiger partial charge in [-0.25, -0.2) is 0 Å². The molecule has 0 amide bonds. The standard InChI is InChI=1S/C14H17N3O2/c1-15-12(11-6-4-3-5-7-11)10-17-9-8-16(2)13(18)14(17)19/h3-9,12,15H,10H2,1-2H3. The molecule has 0 fully saturated rings. The molecule has 5 nitrogen and oxygen atoms in total. The van der Waals surface area contributed by atoms with E-state index in [9.17, 15) is 9.59 Å². The summed E-state index contributed by atoms with van der Waals surface area (Å²) in [5.41, 5.74) is 0.0733. The van der Waals surface area contributed by atoms with E-state index in [1.54, 1.807) is 19.4 Å². The van der Waals surface area contributed by atoms with Crippen LogP contribution in [0.1, 0.15) is 11.6 Å². The summed E-state index contributed by atoms with van der Waals surface area (Å²) < 4.78 is 2.73. The van der Waals surface area contributed by atoms with Crippen molar-refractivity contribution in [2.45, 2.75) is 12.6 Å². The molecular formula is C14H17N3O2. The van der Waals surface area contributed by atoms with Crippen LogP contribution in [0.25, 0.3) is 0 Å². The fourth-order valence-corrected chi connectivity index (χ4v) is 1.98. The van der Waals surface area contributed by atoms with E-state index in [-0.39, 0.29) is 6.04 Å². The minimum absolute atomic E-state index is 0.00833. The highest BCUT2D eigenvalue weighted by Gasteiger charge is 2.11. The molecule has 0 spiro atoms. The largest absolute Gasteiger partial charge is 0.316 e. The van der Waals surface area contributed by atoms with Crippen molar-refractivity contribution in [3.63, 3.8) is 0 Å². The van der Waals surface area contributed by atoms with Crippen molar-refractivity contribution in [1.82, 2.24) is 14.5 Å². The number of likely N-dealkylation sites (N-methyl/N-ethyl adjacent to an activating group) is 1. The smallest absolute Gasteiger partial charge is 0.312 e. The molecule has 1 atom stereocenters. The zero-order chi connectivity index (χ0) is 13.8. The summed E-state index contributed by atoms with van der Waals surface area (Å²) >= 11 is 0. The van der Waals surface area contributed by atoms with Gasteiger partial charge >= 0.3 is 11.1 Å². The maximum atomic E-state index is 11.9. The Hall–Kier alpha value is -2.14. The second kappa shape index (κ2) is 5.67. The molecule has 1 unspecified atom stereocenters. The Balaban J connectivity index is 2.32. The van der Waals surface area contributed by atoms with Crippen LogP contribution in [0.5, 0.6) is 0 Å². The van der Waals surface area contributed by atoms with Gasteiger partial charge in [-0.1, -0.05) is 30.3 Å². The Morgan fingerprint density at radius 1 is 1.11 bits per heavy atom. The highest BCUT2D eigenvalue weighted by molar-refractivity contribution is 5.18. The van der Waals surface area contributed by atoms with Gasteiger partial charge in [0.05, 0.1) is 6.04 Å². The zero-order valence-electron chi connectivity index (χ0n) is 11.0. The van der Waals surface area contributed by atoms with E-state index in [0.717, 1.165) is 5.56 Å². The molecule has 19 heavy (non-hydrogen) atoms. The van der Waals surface area contributed by atoms with Gasteiger partial charge in [-0.2, -0.15) is 0 Å². The lowest BCUT2D eigenvalue weighted by atomic mass is 10.1. The summed E-state index contributed by atoms with van der Waals surface area (Å²) in [6, 6.07) is 9.83. The van der Waals surface area contributed by atoms with Gasteiger partial charge < -0.3 is 14.5 Å². The average molecular weight is 259 g/mol. The van der Waals surface area contributed by atoms with Crippen molar-refractivity contribution in [2.24, 2.45) is 7.05 Å². The summed E-state index contributed by atoms with van der Waals surface area (Å²) in [6.45, 7) is 0.426. The molecule has 1 aromatic carbocycles. The normalized spacial score (nSPS) is 12.3. The number of rotatable bonds is 4. The Bertz CT molecular complexity index is 658. The van der Waals surface area contributed by atoms with Crippen LogP contribution >= 0.6 is 0 Å². The van der Waals surface area contributed by atoms with Gasteiger partial charge in [0.1, 0.15) is 0 Å². The van der Waals surface area contributed by atoms with Gasteiger partial charge in [0, 0.05) is 26.0 Å². The van der Waals surface area contributed by atoms with Crippen LogP contribution in [0.4, 0.5) is 0 Å². The van der Waals surface area contributed by atoms with Crippen LogP contribution in [-0.2, 0) is 13.6 Å². The van der Waals surface area contributed by atoms with E-state index >= 15 is 0 Å². The first-order valence-electron chi connectivity index (χ1n) is 6.11. The topological polar surface area (TPSA) is 56.0 Å². The summed E-state index contributed by atoms with van der Waals surface area (Å²) in [7, 11) is 3.41. The van der Waals surface area contributed by atoms with Crippen molar-refractivity contribution < 1.29 is 0 Å². The summed E-state index contributed by atoms with van der Waals surface area (Å²) in [5, 5.41) is 3.16. The molecule has 1 N–H and O–H groups in total. The van der Waals surface area contributed by atoms with E-state index in [0.29, 0.717) is 6.54 Å². The van der Waals surface area contributed by atoms with Crippen molar-refractivity contribution in [1.29, 1.82) is 0 Å². The van der Waals surface area contributed by atoms with Crippen molar-refractivity contribution in [2.75, 3.05) is 7.05 Å². The fourth-order valence-electron chi connectivity index (χ4n) is 1.98. The molecule has 0 saturated carbocycles. The predicted molar refractivity (Wildman–Crippen MR) is 74.2 cm³/mol. The monoisotopic (exact) mass is 259 g/mol. The molecule has 0 aliphatic heterocycles. The van der Waals surface area contributed by atoms with Gasteiger partial charge in [-0.3, -0.25) is 9.59 Å². The third kappa shape index (κ3) is 2.82. The molecule has 2 rings (SSSR count). The van der Waals surface area contributed by atoms with Gasteiger partial charge in [-0.15, -0.1) is 0 Å². The highest BCUT2D eigenvalue weighted by Crippen LogP contribution is 2.13. The molecule has 1 aromatic heterocycles. The summed E-state index contributed by atoms with van der Waals surface area (Å²) in [4.78, 5) is 23.5. The van der Waals surface area contributed by atoms with Crippen LogP contribution < -0.4 is 16.4 Å². The third-order valence-electron chi connectivity index (χ3n) is 3.16. The molecular weight excluding hydrogens is 242 g/mol. The van der Waals surface area contributed by atoms with E-state index < -0.39 is 11.1 Å². The highest BCUT2D eigenvalue weighted by atomic mass is 16.2. The maximum absolute atomic E-state index is 11.9. The Morgan fingerprint density at radius 3 is 2.42 bits per heavy atom. The molecule has 5 heteroatoms. The molecule has 2 aromatic rings. The van der Waals surface area contributed by atoms with Gasteiger partial charge in [0.15, 0.2) is 0 Å². The van der Waals surface area contributed by atoms with Crippen LogP contribution in [-0.4, -0.2) is 16.2 Å². The number of hydrogen-bond acceptors (Lipinski definition) is 3. The lowest BCUT2D eigenvalue weighted by molar-refractivity contribution is 0.484. The minimum atomic E-state index is -0.509. The van der Waals surface area contributed by atoms with Crippen molar-refractivity contribution >= 4 is 0 Å². The average Bonchev–Trinajstić information content (AvgIpc) is 2.45. The fraction of sp³-hybridized carbons (Fsp3) is 0.286. The number of benzene rings is 1. The van der Waals surface area contributed by atoms with E-state index in [4.69, 9.17) is 0 Å². The predicted octanol–water partition coefficient (Wildman–Crippen LogP) is 0.508. The number of hydrogen-bond donors (Lipinski definition) is 1. The lowest BCUT2D eigenvalue weighted by Crippen LogP contribution is -2.41. The zero-order valence-corrected chi connectivity index (χ0v) is 11.0. The number of nitrogens with one attached hydrogen (secondary N) is 1. The van der Waals surface area contributed by atoms with Gasteiger partial charge in [0.25, 0.3) is 0 Å². The van der Waals surface area contributed by atoms with Crippen LogP contribution in [0.3, 0.4) is 0 Å². The van der Waals surface area contributed by atoms with Crippen LogP contribution in [0.15, 0.2) is 52.3 Å². The first kappa shape index (κ1) is 13.3. The third-order valence-corrected chi connectivity index (χ3v) is 3.16. The number of aromatic nitrogens is 2. The summed E-state index contributed by atoms with van der Waals surface area (Å²) in [6.07, 6.45) is 3.23. The van der Waals surface area contributed by atoms with Crippen LogP contribution in [0, 0.1) is 0 Å². The van der Waals surface area contributed by atoms with Crippen LogP contribution in [0.2, 0.25) is 0 Å². The van der Waals surface area contributed by atoms with Gasteiger partial charge in [-0.05, 0) is 12.6 Å². The molecule has 0 aliphatic carbocycles. The second-order valence-corrected chi connectivity index (χ2v) is 4.42. The van der Waals surface area contributed by atoms with E-state index in [2.05, 4.69) is 5.32 Å². The minimum Gasteiger partial charge on any atom is -0.312 e. The number of aryl methyl sites for hydroxylation is 1. The molecule has 0 aliphatic rings. The summed E-state index contributed by atoms with van der Waals surface area (Å²) in [5.74, 6) is 0. The van der Waals surface area contributed by atoms with E-state index in [1.165, 1.54) is 9.13 Å². The molecule has 0 radical (unpaired) electrons. The quantitative estimate of drug-likeness (QED) is 0.814. The molecule has 0 bridgehead atoms. The lowest BCUT2D eigenvalue weighted by Gasteiger charge is -2.18. The van der Waals surface area contributed by atoms with E-state index in [1.807, 2.05) is 37.4 Å². The van der Waals surface area contributed by atoms with Crippen molar-refractivity contribution in [3.8, 4) is 0 Å². The first-order chi connectivity index (χ1) is 9.13. The maximum Gasteiger partial charge on any atom is 0.316 e.